The topological polar surface area (TPSA) is 64.6 Å². The maximum Gasteiger partial charge on any atom is 0.339 e. The van der Waals surface area contributed by atoms with Gasteiger partial charge in [-0.25, -0.2) is 4.79 Å². The highest BCUT2D eigenvalue weighted by atomic mass is 16.5. The number of benzene rings is 2. The summed E-state index contributed by atoms with van der Waals surface area (Å²) in [5.74, 6) is -0.0135. The molecular formula is C21H19NO4. The van der Waals surface area contributed by atoms with Crippen molar-refractivity contribution in [3.05, 3.63) is 77.4 Å². The molecule has 26 heavy (non-hydrogen) atoms. The van der Waals surface area contributed by atoms with Gasteiger partial charge in [-0.3, -0.25) is 4.79 Å². The number of rotatable bonds is 4. The van der Waals surface area contributed by atoms with Crippen molar-refractivity contribution in [1.29, 1.82) is 0 Å². The summed E-state index contributed by atoms with van der Waals surface area (Å²) in [4.78, 5) is 24.0. The van der Waals surface area contributed by atoms with Crippen molar-refractivity contribution >= 4 is 23.6 Å². The third kappa shape index (κ3) is 3.83. The quantitative estimate of drug-likeness (QED) is 0.673. The number of hydrogen-bond acceptors (Lipinski definition) is 4. The molecule has 1 heterocycles. The lowest BCUT2D eigenvalue weighted by molar-refractivity contribution is -0.111. The normalized spacial score (nSPS) is 15.6. The molecule has 0 saturated heterocycles. The van der Waals surface area contributed by atoms with Gasteiger partial charge in [0.1, 0.15) is 11.9 Å². The minimum Gasteiger partial charge on any atom is -0.485 e. The van der Waals surface area contributed by atoms with Crippen LogP contribution in [-0.4, -0.2) is 25.1 Å². The zero-order valence-corrected chi connectivity index (χ0v) is 14.6. The van der Waals surface area contributed by atoms with Crippen LogP contribution in [0.1, 0.15) is 22.8 Å². The molecule has 1 atom stereocenters. The molecule has 0 bridgehead atoms. The maximum atomic E-state index is 12.3. The van der Waals surface area contributed by atoms with Gasteiger partial charge < -0.3 is 14.8 Å². The lowest BCUT2D eigenvalue weighted by Gasteiger charge is -2.22. The van der Waals surface area contributed by atoms with E-state index in [2.05, 4.69) is 5.32 Å². The number of hydrogen-bond donors (Lipinski definition) is 1. The van der Waals surface area contributed by atoms with Gasteiger partial charge in [-0.1, -0.05) is 30.3 Å². The van der Waals surface area contributed by atoms with Crippen LogP contribution >= 0.6 is 0 Å². The Balaban J connectivity index is 1.75. The zero-order valence-electron chi connectivity index (χ0n) is 14.6. The van der Waals surface area contributed by atoms with Crippen molar-refractivity contribution in [2.75, 3.05) is 12.4 Å². The minimum atomic E-state index is -0.501. The number of esters is 1. The highest BCUT2D eigenvalue weighted by Crippen LogP contribution is 2.29. The second-order valence-corrected chi connectivity index (χ2v) is 5.80. The van der Waals surface area contributed by atoms with Gasteiger partial charge in [-0.15, -0.1) is 0 Å². The van der Waals surface area contributed by atoms with E-state index < -0.39 is 5.97 Å². The zero-order chi connectivity index (χ0) is 18.5. The van der Waals surface area contributed by atoms with E-state index in [0.29, 0.717) is 11.3 Å². The molecule has 3 rings (SSSR count). The van der Waals surface area contributed by atoms with Gasteiger partial charge in [0.15, 0.2) is 0 Å². The standard InChI is InChI=1S/C21H19NO4/c1-14-15(13-16-7-3-6-10-19(16)26-14)11-12-20(23)22-18-9-5-4-8-17(18)21(24)25-2/h3-14H,1-2H3,(H,22,23). The molecule has 1 aliphatic rings. The van der Waals surface area contributed by atoms with E-state index in [1.54, 1.807) is 30.3 Å². The SMILES string of the molecule is COC(=O)c1ccccc1NC(=O)C=CC1=Cc2ccccc2OC1C. The smallest absolute Gasteiger partial charge is 0.339 e. The van der Waals surface area contributed by atoms with Gasteiger partial charge in [-0.05, 0) is 42.8 Å². The Bertz CT molecular complexity index is 898. The molecular weight excluding hydrogens is 330 g/mol. The van der Waals surface area contributed by atoms with E-state index in [-0.39, 0.29) is 12.0 Å². The minimum absolute atomic E-state index is 0.156. The molecule has 132 valence electrons. The monoisotopic (exact) mass is 349 g/mol. The highest BCUT2D eigenvalue weighted by Gasteiger charge is 2.17. The molecule has 0 spiro atoms. The van der Waals surface area contributed by atoms with E-state index in [4.69, 9.17) is 9.47 Å². The van der Waals surface area contributed by atoms with Crippen LogP contribution in [0.5, 0.6) is 5.75 Å². The first-order valence-corrected chi connectivity index (χ1v) is 8.22. The molecule has 1 unspecified atom stereocenters. The number of carbonyl (C=O) groups excluding carboxylic acids is 2. The first kappa shape index (κ1) is 17.5. The fourth-order valence-electron chi connectivity index (χ4n) is 2.67. The number of fused-ring (bicyclic) bond motifs is 1. The predicted octanol–water partition coefficient (Wildman–Crippen LogP) is 3.83. The average Bonchev–Trinajstić information content (AvgIpc) is 2.66. The van der Waals surface area contributed by atoms with Crippen LogP contribution in [0.25, 0.3) is 6.08 Å². The van der Waals surface area contributed by atoms with Gasteiger partial charge in [-0.2, -0.15) is 0 Å². The number of methoxy groups -OCH3 is 1. The summed E-state index contributed by atoms with van der Waals surface area (Å²) < 4.78 is 10.6. The molecule has 0 aromatic heterocycles. The highest BCUT2D eigenvalue weighted by molar-refractivity contribution is 6.05. The largest absolute Gasteiger partial charge is 0.485 e. The van der Waals surface area contributed by atoms with E-state index >= 15 is 0 Å². The fourth-order valence-corrected chi connectivity index (χ4v) is 2.67. The number of ether oxygens (including phenoxy) is 2. The number of para-hydroxylation sites is 2. The van der Waals surface area contributed by atoms with Crippen molar-refractivity contribution in [3.63, 3.8) is 0 Å². The van der Waals surface area contributed by atoms with Crippen LogP contribution in [0.3, 0.4) is 0 Å². The predicted molar refractivity (Wildman–Crippen MR) is 100 cm³/mol. The van der Waals surface area contributed by atoms with Gasteiger partial charge in [0.25, 0.3) is 0 Å². The molecule has 2 aromatic carbocycles. The van der Waals surface area contributed by atoms with E-state index in [0.717, 1.165) is 16.9 Å². The Morgan fingerprint density at radius 3 is 2.65 bits per heavy atom. The summed E-state index contributed by atoms with van der Waals surface area (Å²) in [6, 6.07) is 14.4. The van der Waals surface area contributed by atoms with E-state index in [1.165, 1.54) is 13.2 Å². The Hall–Kier alpha value is -3.34. The Morgan fingerprint density at radius 2 is 1.85 bits per heavy atom. The Morgan fingerprint density at radius 1 is 1.12 bits per heavy atom. The Labute approximate surface area is 151 Å². The van der Waals surface area contributed by atoms with Crippen LogP contribution in [0.2, 0.25) is 0 Å². The average molecular weight is 349 g/mol. The van der Waals surface area contributed by atoms with Crippen molar-refractivity contribution < 1.29 is 19.1 Å². The van der Waals surface area contributed by atoms with Crippen molar-refractivity contribution in [1.82, 2.24) is 0 Å². The van der Waals surface area contributed by atoms with Crippen molar-refractivity contribution in [3.8, 4) is 5.75 Å². The second-order valence-electron chi connectivity index (χ2n) is 5.80. The van der Waals surface area contributed by atoms with Gasteiger partial charge in [0.05, 0.1) is 18.4 Å². The fraction of sp³-hybridized carbons (Fsp3) is 0.143. The first-order chi connectivity index (χ1) is 12.6. The molecule has 0 radical (unpaired) electrons. The summed E-state index contributed by atoms with van der Waals surface area (Å²) in [5, 5.41) is 2.70. The lowest BCUT2D eigenvalue weighted by atomic mass is 10.0. The molecule has 0 fully saturated rings. The van der Waals surface area contributed by atoms with Crippen molar-refractivity contribution in [2.45, 2.75) is 13.0 Å². The van der Waals surface area contributed by atoms with E-state index in [9.17, 15) is 9.59 Å². The summed E-state index contributed by atoms with van der Waals surface area (Å²) in [6.07, 6.45) is 4.98. The van der Waals surface area contributed by atoms with Gasteiger partial charge in [0, 0.05) is 11.6 Å². The molecule has 0 saturated carbocycles. The van der Waals surface area contributed by atoms with Crippen LogP contribution < -0.4 is 10.1 Å². The molecule has 2 aromatic rings. The molecule has 0 aliphatic carbocycles. The third-order valence-electron chi connectivity index (χ3n) is 4.03. The van der Waals surface area contributed by atoms with Crippen LogP contribution in [0.4, 0.5) is 5.69 Å². The third-order valence-corrected chi connectivity index (χ3v) is 4.03. The summed E-state index contributed by atoms with van der Waals surface area (Å²) >= 11 is 0. The second kappa shape index (κ2) is 7.70. The molecule has 1 amide bonds. The molecule has 1 N–H and O–H groups in total. The Kier molecular flexibility index (Phi) is 5.17. The van der Waals surface area contributed by atoms with Gasteiger partial charge in [0.2, 0.25) is 5.91 Å². The molecule has 5 heteroatoms. The van der Waals surface area contributed by atoms with Crippen molar-refractivity contribution in [2.24, 2.45) is 0 Å². The molecule has 5 nitrogen and oxygen atoms in total. The van der Waals surface area contributed by atoms with E-state index in [1.807, 2.05) is 37.3 Å². The number of nitrogens with one attached hydrogen (secondary N) is 1. The number of anilines is 1. The summed E-state index contributed by atoms with van der Waals surface area (Å²) in [6.45, 7) is 1.93. The number of carbonyl (C=O) groups is 2. The van der Waals surface area contributed by atoms with Crippen LogP contribution in [0, 0.1) is 0 Å². The van der Waals surface area contributed by atoms with Crippen LogP contribution in [0.15, 0.2) is 66.3 Å². The summed E-state index contributed by atoms with van der Waals surface area (Å²) in [5.41, 5.74) is 2.57. The number of amides is 1. The summed E-state index contributed by atoms with van der Waals surface area (Å²) in [7, 11) is 1.30. The maximum absolute atomic E-state index is 12.3. The molecule has 1 aliphatic heterocycles. The lowest BCUT2D eigenvalue weighted by Crippen LogP contribution is -2.18. The van der Waals surface area contributed by atoms with Gasteiger partial charge >= 0.3 is 5.97 Å². The first-order valence-electron chi connectivity index (χ1n) is 8.22. The van der Waals surface area contributed by atoms with Crippen LogP contribution in [-0.2, 0) is 9.53 Å².